The number of carboxylic acids is 1. The van der Waals surface area contributed by atoms with Gasteiger partial charge in [-0.1, -0.05) is 30.7 Å². The number of aryl methyl sites for hydroxylation is 2. The average Bonchev–Trinajstić information content (AvgIpc) is 3.50. The van der Waals surface area contributed by atoms with Gasteiger partial charge in [-0.15, -0.1) is 6.42 Å². The van der Waals surface area contributed by atoms with E-state index in [0.717, 1.165) is 65.9 Å². The normalized spacial score (nSPS) is 21.5. The summed E-state index contributed by atoms with van der Waals surface area (Å²) in [6.07, 6.45) is -0.213. The van der Waals surface area contributed by atoms with Crippen molar-refractivity contribution < 1.29 is 52.1 Å². The van der Waals surface area contributed by atoms with E-state index in [1.165, 1.54) is 0 Å². The van der Waals surface area contributed by atoms with Crippen molar-refractivity contribution in [1.29, 1.82) is 0 Å². The molecule has 1 amide bonds. The summed E-state index contributed by atoms with van der Waals surface area (Å²) < 4.78 is 11.0. The third-order valence-corrected chi connectivity index (χ3v) is 8.59. The van der Waals surface area contributed by atoms with Crippen LogP contribution in [0.15, 0.2) is 36.4 Å². The van der Waals surface area contributed by atoms with Crippen molar-refractivity contribution in [3.05, 3.63) is 64.6 Å². The molecule has 2 aromatic heterocycles. The fraction of sp³-hybridized carbons (Fsp3) is 0.300. The Labute approximate surface area is 245 Å². The van der Waals surface area contributed by atoms with Crippen molar-refractivity contribution in [2.45, 2.75) is 53.1 Å². The van der Waals surface area contributed by atoms with E-state index in [4.69, 9.17) is 4.74 Å². The van der Waals surface area contributed by atoms with Crippen LogP contribution in [0.3, 0.4) is 0 Å². The maximum absolute atomic E-state index is 13.7. The molecule has 1 saturated heterocycles. The Balaban J connectivity index is 0.00000132. The first kappa shape index (κ1) is 25.4. The van der Waals surface area contributed by atoms with E-state index < -0.39 is 17.9 Å². The van der Waals surface area contributed by atoms with Gasteiger partial charge in [0.15, 0.2) is 5.97 Å². The van der Waals surface area contributed by atoms with Crippen molar-refractivity contribution in [1.82, 2.24) is 14.0 Å². The molecule has 1 N–H and O–H groups in total. The minimum atomic E-state index is -1.16. The zero-order valence-corrected chi connectivity index (χ0v) is 23.9. The molecule has 3 aliphatic rings. The van der Waals surface area contributed by atoms with Crippen LogP contribution in [-0.4, -0.2) is 38.1 Å². The molecule has 5 aromatic rings. The van der Waals surface area contributed by atoms with Gasteiger partial charge in [0.25, 0.3) is 5.91 Å². The molecule has 1 radical (unpaired) electrons. The van der Waals surface area contributed by atoms with Crippen molar-refractivity contribution in [3.8, 4) is 0 Å². The Kier molecular flexibility index (Phi) is 5.24. The molecule has 2 atom stereocenters. The molecule has 2 unspecified atom stereocenters. The van der Waals surface area contributed by atoms with E-state index in [9.17, 15) is 14.7 Å². The largest absolute Gasteiger partial charge is 0.503 e. The molecule has 38 heavy (non-hydrogen) atoms. The Morgan fingerprint density at radius 1 is 1.05 bits per heavy atom. The fourth-order valence-electron chi connectivity index (χ4n) is 7.12. The van der Waals surface area contributed by atoms with Crippen LogP contribution in [0.25, 0.3) is 43.6 Å². The molecular weight excluding hydrogens is 555 g/mol. The Hall–Kier alpha value is -2.87. The molecule has 0 saturated carbocycles. The second kappa shape index (κ2) is 7.84. The molecule has 5 heterocycles. The summed E-state index contributed by atoms with van der Waals surface area (Å²) in [7, 11) is 1.85. The van der Waals surface area contributed by atoms with Crippen molar-refractivity contribution >= 4 is 55.5 Å². The molecule has 8 rings (SSSR count). The van der Waals surface area contributed by atoms with E-state index in [-0.39, 0.29) is 52.5 Å². The van der Waals surface area contributed by atoms with Gasteiger partial charge in [0.05, 0.1) is 22.1 Å². The first-order chi connectivity index (χ1) is 17.2. The number of aliphatic carboxylic acids is 1. The number of carbonyl (C=O) groups excluding carboxylic acids is 1. The van der Waals surface area contributed by atoms with Crippen LogP contribution in [-0.2, 0) is 54.5 Å². The molecule has 0 aliphatic carbocycles. The van der Waals surface area contributed by atoms with Crippen LogP contribution in [0.1, 0.15) is 54.0 Å². The van der Waals surface area contributed by atoms with Crippen LogP contribution in [0.5, 0.6) is 0 Å². The van der Waals surface area contributed by atoms with Gasteiger partial charge in [0.1, 0.15) is 6.23 Å². The van der Waals surface area contributed by atoms with Crippen LogP contribution in [0, 0.1) is 19.8 Å². The van der Waals surface area contributed by atoms with Gasteiger partial charge in [0, 0.05) is 79.1 Å². The number of amides is 1. The van der Waals surface area contributed by atoms with E-state index in [1.807, 2.05) is 14.0 Å². The maximum Gasteiger partial charge on any atom is 0.254 e. The third kappa shape index (κ3) is 2.72. The summed E-state index contributed by atoms with van der Waals surface area (Å²) in [5.74, 6) is -0.571. The van der Waals surface area contributed by atoms with Gasteiger partial charge >= 0.3 is 0 Å². The van der Waals surface area contributed by atoms with E-state index in [2.05, 4.69) is 59.4 Å². The molecule has 3 aliphatic heterocycles. The van der Waals surface area contributed by atoms with Crippen molar-refractivity contribution in [2.24, 2.45) is 0 Å². The first-order valence-corrected chi connectivity index (χ1v) is 12.3. The zero-order valence-electron chi connectivity index (χ0n) is 21.0. The molecule has 0 spiro atoms. The van der Waals surface area contributed by atoms with Crippen molar-refractivity contribution in [3.63, 3.8) is 0 Å². The number of nitrogens with zero attached hydrogens (tertiary/aromatic N) is 3. The number of hydrogen-bond donors (Lipinski definition) is 1. The second-order valence-electron chi connectivity index (χ2n) is 10.8. The summed E-state index contributed by atoms with van der Waals surface area (Å²) in [4.78, 5) is 28.0. The molecular formula is C30H28N3O4Y-. The average molecular weight is 583 g/mol. The smallest absolute Gasteiger partial charge is 0.254 e. The number of ether oxygens (including phenoxy) is 1. The molecule has 3 aromatic carbocycles. The van der Waals surface area contributed by atoms with Gasteiger partial charge in [-0.25, -0.2) is 5.92 Å². The fourth-order valence-corrected chi connectivity index (χ4v) is 7.12. The number of aromatic nitrogens is 2. The quantitative estimate of drug-likeness (QED) is 0.246. The topological polar surface area (TPSA) is 76.7 Å². The molecule has 191 valence electrons. The van der Waals surface area contributed by atoms with Gasteiger partial charge in [-0.2, -0.15) is 0 Å². The number of benzene rings is 3. The summed E-state index contributed by atoms with van der Waals surface area (Å²) >= 11 is 0. The number of carbonyl (C=O) groups is 2. The van der Waals surface area contributed by atoms with Crippen LogP contribution in [0.4, 0.5) is 0 Å². The minimum Gasteiger partial charge on any atom is -0.503 e. The van der Waals surface area contributed by atoms with Gasteiger partial charge < -0.3 is 23.9 Å². The summed E-state index contributed by atoms with van der Waals surface area (Å²) in [5, 5.41) is 14.3. The summed E-state index contributed by atoms with van der Waals surface area (Å²) in [5.41, 5.74) is 6.63. The van der Waals surface area contributed by atoms with E-state index in [0.29, 0.717) is 12.5 Å². The number of hydrogen-bond acceptors (Lipinski definition) is 3. The standard InChI is InChI=1S/C29H24N3O4.CH4.Y/c1-13-5-7-19-15(9-13)23-24-17(12-30(4)27(24)33)22-16-10-14(2)6-8-20(16)32-26(22)25(23)31(19)21-11-18(28(34)35)29(32,3)36-21;;/h5-10,21H,11-12H2,1-4H3,(H,34,35);1H4;/q-1;;. The number of rotatable bonds is 1. The van der Waals surface area contributed by atoms with E-state index in [1.54, 1.807) is 4.90 Å². The van der Waals surface area contributed by atoms with Gasteiger partial charge in [0.2, 0.25) is 0 Å². The molecule has 1 fully saturated rings. The summed E-state index contributed by atoms with van der Waals surface area (Å²) in [6.45, 7) is 6.51. The predicted octanol–water partition coefficient (Wildman–Crippen LogP) is 6.00. The first-order valence-electron chi connectivity index (χ1n) is 12.3. The van der Waals surface area contributed by atoms with E-state index >= 15 is 0 Å². The molecule has 8 heteroatoms. The van der Waals surface area contributed by atoms with Crippen LogP contribution >= 0.6 is 0 Å². The minimum absolute atomic E-state index is 0. The maximum atomic E-state index is 13.7. The second-order valence-corrected chi connectivity index (χ2v) is 10.8. The number of carboxylic acid groups (broad SMARTS) is 1. The number of fused-ring (bicyclic) bond motifs is 13. The monoisotopic (exact) mass is 583 g/mol. The van der Waals surface area contributed by atoms with Crippen LogP contribution < -0.4 is 0 Å². The third-order valence-electron chi connectivity index (χ3n) is 8.59. The van der Waals surface area contributed by atoms with Gasteiger partial charge in [-0.05, 0) is 50.6 Å². The van der Waals surface area contributed by atoms with Crippen molar-refractivity contribution in [2.75, 3.05) is 7.05 Å². The Bertz CT molecular complexity index is 1900. The SMILES string of the molecule is C.Cc1ccc2c(c1)c1c3c(c4c5cc(C)ccc5n5c4c1n2C1C[C-](C(=O)O)C5(C)O1)CN(C)C3=O.[Y]. The Morgan fingerprint density at radius 3 is 2.34 bits per heavy atom. The van der Waals surface area contributed by atoms with Gasteiger partial charge in [-0.3, -0.25) is 9.59 Å². The predicted molar refractivity (Wildman–Crippen MR) is 144 cm³/mol. The summed E-state index contributed by atoms with van der Waals surface area (Å²) in [6, 6.07) is 12.6. The zero-order chi connectivity index (χ0) is 24.8. The molecule has 2 bridgehead atoms. The van der Waals surface area contributed by atoms with Crippen LogP contribution in [0.2, 0.25) is 0 Å². The Morgan fingerprint density at radius 2 is 1.68 bits per heavy atom. The molecule has 7 nitrogen and oxygen atoms in total.